The van der Waals surface area contributed by atoms with Gasteiger partial charge < -0.3 is 29.9 Å². The van der Waals surface area contributed by atoms with Crippen molar-refractivity contribution in [3.8, 4) is 0 Å². The predicted octanol–water partition coefficient (Wildman–Crippen LogP) is -0.957. The third kappa shape index (κ3) is 3.90. The summed E-state index contributed by atoms with van der Waals surface area (Å²) in [4.78, 5) is 11.7. The lowest BCUT2D eigenvalue weighted by Crippen LogP contribution is -2.59. The molecule has 0 aliphatic carbocycles. The van der Waals surface area contributed by atoms with Gasteiger partial charge in [0, 0.05) is 6.08 Å². The Hall–Kier alpha value is -1.77. The molecule has 1 aliphatic rings. The highest BCUT2D eigenvalue weighted by molar-refractivity contribution is 5.87. The average molecular weight is 310 g/mol. The van der Waals surface area contributed by atoms with Crippen LogP contribution >= 0.6 is 0 Å². The Labute approximate surface area is 127 Å². The summed E-state index contributed by atoms with van der Waals surface area (Å²) in [5.41, 5.74) is 0.785. The summed E-state index contributed by atoms with van der Waals surface area (Å²) in [6.45, 7) is -0.584. The van der Waals surface area contributed by atoms with Crippen molar-refractivity contribution in [3.05, 3.63) is 42.0 Å². The van der Waals surface area contributed by atoms with Crippen molar-refractivity contribution in [3.63, 3.8) is 0 Å². The predicted molar refractivity (Wildman–Crippen MR) is 75.3 cm³/mol. The van der Waals surface area contributed by atoms with Crippen LogP contribution in [0.1, 0.15) is 5.56 Å². The number of benzene rings is 1. The van der Waals surface area contributed by atoms with Crippen LogP contribution in [0.5, 0.6) is 0 Å². The van der Waals surface area contributed by atoms with Crippen LogP contribution in [0.3, 0.4) is 0 Å². The van der Waals surface area contributed by atoms with E-state index < -0.39 is 43.3 Å². The van der Waals surface area contributed by atoms with Gasteiger partial charge in [-0.15, -0.1) is 0 Å². The zero-order valence-corrected chi connectivity index (χ0v) is 11.6. The van der Waals surface area contributed by atoms with Crippen LogP contribution in [0.15, 0.2) is 36.4 Å². The summed E-state index contributed by atoms with van der Waals surface area (Å²) >= 11 is 0. The van der Waals surface area contributed by atoms with Gasteiger partial charge in [-0.25, -0.2) is 4.79 Å². The minimum absolute atomic E-state index is 0.584. The van der Waals surface area contributed by atoms with E-state index in [1.807, 2.05) is 18.2 Å². The van der Waals surface area contributed by atoms with E-state index in [-0.39, 0.29) is 0 Å². The highest BCUT2D eigenvalue weighted by Crippen LogP contribution is 2.22. The fourth-order valence-corrected chi connectivity index (χ4v) is 2.05. The lowest BCUT2D eigenvalue weighted by atomic mass is 9.99. The first-order chi connectivity index (χ1) is 10.5. The third-order valence-electron chi connectivity index (χ3n) is 3.29. The summed E-state index contributed by atoms with van der Waals surface area (Å²) in [5, 5.41) is 38.0. The molecule has 4 N–H and O–H groups in total. The average Bonchev–Trinajstić information content (AvgIpc) is 2.54. The molecule has 0 bridgehead atoms. The molecular formula is C15H18O7. The molecule has 1 fully saturated rings. The van der Waals surface area contributed by atoms with Gasteiger partial charge in [0.25, 0.3) is 0 Å². The number of rotatable bonds is 4. The van der Waals surface area contributed by atoms with Crippen LogP contribution in [0.4, 0.5) is 0 Å². The zero-order valence-electron chi connectivity index (χ0n) is 11.6. The highest BCUT2D eigenvalue weighted by Gasteiger charge is 2.45. The molecule has 1 saturated heterocycles. The van der Waals surface area contributed by atoms with Crippen molar-refractivity contribution in [2.75, 3.05) is 6.61 Å². The van der Waals surface area contributed by atoms with E-state index >= 15 is 0 Å². The van der Waals surface area contributed by atoms with Gasteiger partial charge in [0.15, 0.2) is 0 Å². The molecular weight excluding hydrogens is 292 g/mol. The molecule has 1 aliphatic heterocycles. The fraction of sp³-hybridized carbons (Fsp3) is 0.400. The Bertz CT molecular complexity index is 514. The molecule has 0 amide bonds. The smallest absolute Gasteiger partial charge is 0.333 e. The standard InChI is InChI=1S/C15H18O7/c16-8-10-12(18)13(19)14(20)15(21-10)22-11(17)7-6-9-4-2-1-3-5-9/h1-7,10,12-16,18-20H,8H2/b7-6+/t10?,12-,13-,14?,15+/m1/s1. The van der Waals surface area contributed by atoms with Crippen LogP contribution in [-0.4, -0.2) is 63.7 Å². The van der Waals surface area contributed by atoms with E-state index in [1.165, 1.54) is 6.08 Å². The summed E-state index contributed by atoms with van der Waals surface area (Å²) in [7, 11) is 0. The molecule has 22 heavy (non-hydrogen) atoms. The SMILES string of the molecule is O=C(/C=C/c1ccccc1)O[C@@H]1OC(CO)[C@@H](O)[C@@H](O)C1O. The van der Waals surface area contributed by atoms with Gasteiger partial charge in [-0.3, -0.25) is 0 Å². The Morgan fingerprint density at radius 1 is 1.14 bits per heavy atom. The van der Waals surface area contributed by atoms with Crippen LogP contribution in [0.25, 0.3) is 6.08 Å². The second kappa shape index (κ2) is 7.48. The Morgan fingerprint density at radius 3 is 2.45 bits per heavy atom. The molecule has 0 aromatic heterocycles. The van der Waals surface area contributed by atoms with Gasteiger partial charge in [-0.2, -0.15) is 0 Å². The number of aliphatic hydroxyl groups excluding tert-OH is 4. The van der Waals surface area contributed by atoms with Gasteiger partial charge in [0.05, 0.1) is 6.61 Å². The maximum Gasteiger partial charge on any atom is 0.333 e. The molecule has 5 atom stereocenters. The Morgan fingerprint density at radius 2 is 1.82 bits per heavy atom. The number of esters is 1. The molecule has 120 valence electrons. The second-order valence-corrected chi connectivity index (χ2v) is 4.88. The molecule has 7 heteroatoms. The van der Waals surface area contributed by atoms with Crippen molar-refractivity contribution in [2.45, 2.75) is 30.7 Å². The van der Waals surface area contributed by atoms with Gasteiger partial charge in [0.2, 0.25) is 6.29 Å². The molecule has 7 nitrogen and oxygen atoms in total. The molecule has 1 heterocycles. The number of carbonyl (C=O) groups excluding carboxylic acids is 1. The Kier molecular flexibility index (Phi) is 5.64. The van der Waals surface area contributed by atoms with Crippen molar-refractivity contribution in [2.24, 2.45) is 0 Å². The Balaban J connectivity index is 1.97. The molecule has 1 aromatic carbocycles. The minimum Gasteiger partial charge on any atom is -0.430 e. The fourth-order valence-electron chi connectivity index (χ4n) is 2.05. The quantitative estimate of drug-likeness (QED) is 0.418. The van der Waals surface area contributed by atoms with E-state index in [4.69, 9.17) is 14.6 Å². The first-order valence-corrected chi connectivity index (χ1v) is 6.77. The maximum atomic E-state index is 11.7. The summed E-state index contributed by atoms with van der Waals surface area (Å²) in [6.07, 6.45) is -4.59. The van der Waals surface area contributed by atoms with E-state index in [0.717, 1.165) is 11.6 Å². The summed E-state index contributed by atoms with van der Waals surface area (Å²) in [6, 6.07) is 9.03. The number of ether oxygens (including phenoxy) is 2. The van der Waals surface area contributed by atoms with Crippen molar-refractivity contribution < 1.29 is 34.7 Å². The number of carbonyl (C=O) groups is 1. The molecule has 0 saturated carbocycles. The lowest BCUT2D eigenvalue weighted by Gasteiger charge is -2.38. The maximum absolute atomic E-state index is 11.7. The van der Waals surface area contributed by atoms with E-state index in [1.54, 1.807) is 12.1 Å². The van der Waals surface area contributed by atoms with Crippen LogP contribution in [0, 0.1) is 0 Å². The number of hydrogen-bond donors (Lipinski definition) is 4. The minimum atomic E-state index is -1.60. The first-order valence-electron chi connectivity index (χ1n) is 6.77. The molecule has 0 radical (unpaired) electrons. The first kappa shape index (κ1) is 16.6. The van der Waals surface area contributed by atoms with Crippen molar-refractivity contribution >= 4 is 12.0 Å². The van der Waals surface area contributed by atoms with E-state index in [2.05, 4.69) is 0 Å². The third-order valence-corrected chi connectivity index (χ3v) is 3.29. The number of hydrogen-bond acceptors (Lipinski definition) is 7. The second-order valence-electron chi connectivity index (χ2n) is 4.88. The lowest BCUT2D eigenvalue weighted by molar-refractivity contribution is -0.291. The monoisotopic (exact) mass is 310 g/mol. The van der Waals surface area contributed by atoms with Gasteiger partial charge in [-0.05, 0) is 11.6 Å². The topological polar surface area (TPSA) is 116 Å². The van der Waals surface area contributed by atoms with E-state index in [0.29, 0.717) is 0 Å². The van der Waals surface area contributed by atoms with Crippen LogP contribution in [-0.2, 0) is 14.3 Å². The molecule has 2 rings (SSSR count). The largest absolute Gasteiger partial charge is 0.430 e. The van der Waals surface area contributed by atoms with Crippen LogP contribution < -0.4 is 0 Å². The normalized spacial score (nSPS) is 32.1. The zero-order chi connectivity index (χ0) is 16.1. The van der Waals surface area contributed by atoms with Crippen molar-refractivity contribution in [1.29, 1.82) is 0 Å². The number of aliphatic hydroxyl groups is 4. The highest BCUT2D eigenvalue weighted by atomic mass is 16.7. The van der Waals surface area contributed by atoms with Crippen molar-refractivity contribution in [1.82, 2.24) is 0 Å². The van der Waals surface area contributed by atoms with E-state index in [9.17, 15) is 20.1 Å². The molecule has 2 unspecified atom stereocenters. The summed E-state index contributed by atoms with van der Waals surface area (Å²) in [5.74, 6) is -0.784. The molecule has 1 aromatic rings. The van der Waals surface area contributed by atoms with Gasteiger partial charge in [-0.1, -0.05) is 30.3 Å². The van der Waals surface area contributed by atoms with Crippen LogP contribution in [0.2, 0.25) is 0 Å². The molecule has 0 spiro atoms. The van der Waals surface area contributed by atoms with Gasteiger partial charge in [0.1, 0.15) is 24.4 Å². The van der Waals surface area contributed by atoms with Gasteiger partial charge >= 0.3 is 5.97 Å². The summed E-state index contributed by atoms with van der Waals surface area (Å²) < 4.78 is 9.96.